The average Bonchev–Trinajstić information content (AvgIpc) is 2.57. The lowest BCUT2D eigenvalue weighted by Crippen LogP contribution is -2.50. The minimum Gasteiger partial charge on any atom is -0.453 e. The molecule has 0 bridgehead atoms. The first kappa shape index (κ1) is 23.6. The SMILES string of the molecule is C=C(C)C[C@@H](C=O)CNC(=O)[C@H](C)NC(=O)[C@@H](CNC(=O)OC)C(C)C. The number of rotatable bonds is 11. The fraction of sp³-hybridized carbons (Fsp3) is 0.667. The van der Waals surface area contributed by atoms with Gasteiger partial charge in [-0.25, -0.2) is 4.79 Å². The molecule has 148 valence electrons. The second-order valence-electron chi connectivity index (χ2n) is 6.76. The fourth-order valence-corrected chi connectivity index (χ4v) is 2.28. The van der Waals surface area contributed by atoms with Crippen LogP contribution in [0.5, 0.6) is 0 Å². The third-order valence-electron chi connectivity index (χ3n) is 3.89. The number of allylic oxidation sites excluding steroid dienone is 1. The number of nitrogens with one attached hydrogen (secondary N) is 3. The Morgan fingerprint density at radius 2 is 1.69 bits per heavy atom. The number of carbonyl (C=O) groups excluding carboxylic acids is 4. The Morgan fingerprint density at radius 1 is 1.08 bits per heavy atom. The Bertz CT molecular complexity index is 519. The van der Waals surface area contributed by atoms with Crippen molar-refractivity contribution in [3.05, 3.63) is 12.2 Å². The van der Waals surface area contributed by atoms with E-state index in [9.17, 15) is 19.2 Å². The van der Waals surface area contributed by atoms with Gasteiger partial charge in [-0.3, -0.25) is 9.59 Å². The molecule has 0 saturated heterocycles. The summed E-state index contributed by atoms with van der Waals surface area (Å²) in [6.07, 6.45) is 0.664. The van der Waals surface area contributed by atoms with Gasteiger partial charge in [-0.2, -0.15) is 0 Å². The number of aldehydes is 1. The van der Waals surface area contributed by atoms with Crippen LogP contribution in [0.2, 0.25) is 0 Å². The molecule has 8 heteroatoms. The van der Waals surface area contributed by atoms with Crippen molar-refractivity contribution in [3.8, 4) is 0 Å². The minimum atomic E-state index is -0.765. The van der Waals surface area contributed by atoms with Crippen LogP contribution < -0.4 is 16.0 Å². The van der Waals surface area contributed by atoms with Gasteiger partial charge in [-0.15, -0.1) is 6.58 Å². The summed E-state index contributed by atoms with van der Waals surface area (Å²) in [6, 6.07) is -0.765. The predicted molar refractivity (Wildman–Crippen MR) is 98.3 cm³/mol. The highest BCUT2D eigenvalue weighted by Gasteiger charge is 2.26. The number of hydrogen-bond donors (Lipinski definition) is 3. The standard InChI is InChI=1S/C18H31N3O5/c1-11(2)7-14(10-22)8-19-16(23)13(5)21-17(24)15(12(3)4)9-20-18(25)26-6/h10,12-15H,1,7-9H2,2-6H3,(H,19,23)(H,20,25)(H,21,24)/t13-,14+,15-/m0/s1. The van der Waals surface area contributed by atoms with Crippen molar-refractivity contribution < 1.29 is 23.9 Å². The number of ether oxygens (including phenoxy) is 1. The van der Waals surface area contributed by atoms with Gasteiger partial charge in [-0.05, 0) is 26.2 Å². The third-order valence-corrected chi connectivity index (χ3v) is 3.89. The molecule has 0 aliphatic heterocycles. The molecule has 0 spiro atoms. The third kappa shape index (κ3) is 9.19. The minimum absolute atomic E-state index is 0.0440. The molecule has 0 radical (unpaired) electrons. The number of alkyl carbamates (subject to hydrolysis) is 1. The zero-order valence-electron chi connectivity index (χ0n) is 16.3. The molecule has 0 saturated carbocycles. The zero-order chi connectivity index (χ0) is 20.3. The van der Waals surface area contributed by atoms with Gasteiger partial charge in [0.15, 0.2) is 0 Å². The predicted octanol–water partition coefficient (Wildman–Crippen LogP) is 1.02. The fourth-order valence-electron chi connectivity index (χ4n) is 2.28. The summed E-state index contributed by atoms with van der Waals surface area (Å²) < 4.78 is 4.49. The molecule has 0 aromatic rings. The number of methoxy groups -OCH3 is 1. The van der Waals surface area contributed by atoms with Crippen molar-refractivity contribution in [1.82, 2.24) is 16.0 Å². The summed E-state index contributed by atoms with van der Waals surface area (Å²) in [7, 11) is 1.24. The summed E-state index contributed by atoms with van der Waals surface area (Å²) in [5.74, 6) is -1.61. The molecule has 26 heavy (non-hydrogen) atoms. The van der Waals surface area contributed by atoms with E-state index < -0.39 is 18.1 Å². The quantitative estimate of drug-likeness (QED) is 0.372. The Morgan fingerprint density at radius 3 is 2.15 bits per heavy atom. The lowest BCUT2D eigenvalue weighted by atomic mass is 9.94. The van der Waals surface area contributed by atoms with Gasteiger partial charge >= 0.3 is 6.09 Å². The Hall–Kier alpha value is -2.38. The largest absolute Gasteiger partial charge is 0.453 e. The zero-order valence-corrected chi connectivity index (χ0v) is 16.3. The van der Waals surface area contributed by atoms with E-state index in [-0.39, 0.29) is 36.7 Å². The molecular weight excluding hydrogens is 338 g/mol. The second kappa shape index (κ2) is 12.1. The summed E-state index contributed by atoms with van der Waals surface area (Å²) >= 11 is 0. The van der Waals surface area contributed by atoms with Crippen LogP contribution in [0.4, 0.5) is 4.79 Å². The van der Waals surface area contributed by atoms with Crippen molar-refractivity contribution in [1.29, 1.82) is 0 Å². The van der Waals surface area contributed by atoms with Gasteiger partial charge in [0.05, 0.1) is 13.0 Å². The molecule has 0 rings (SSSR count). The normalized spacial score (nSPS) is 13.9. The molecule has 0 unspecified atom stereocenters. The van der Waals surface area contributed by atoms with Gasteiger partial charge in [0.1, 0.15) is 12.3 Å². The molecule has 0 aromatic heterocycles. The first-order valence-corrected chi connectivity index (χ1v) is 8.61. The Kier molecular flexibility index (Phi) is 10.9. The second-order valence-corrected chi connectivity index (χ2v) is 6.76. The first-order valence-electron chi connectivity index (χ1n) is 8.61. The van der Waals surface area contributed by atoms with Gasteiger partial charge in [0.25, 0.3) is 0 Å². The van der Waals surface area contributed by atoms with E-state index in [0.717, 1.165) is 11.9 Å². The molecule has 8 nitrogen and oxygen atoms in total. The number of amides is 3. The van der Waals surface area contributed by atoms with Crippen molar-refractivity contribution in [3.63, 3.8) is 0 Å². The molecule has 0 aliphatic rings. The van der Waals surface area contributed by atoms with Crippen LogP contribution in [0.1, 0.15) is 34.1 Å². The molecule has 0 fully saturated rings. The van der Waals surface area contributed by atoms with Crippen molar-refractivity contribution in [2.45, 2.75) is 40.2 Å². The van der Waals surface area contributed by atoms with Crippen molar-refractivity contribution in [2.24, 2.45) is 17.8 Å². The van der Waals surface area contributed by atoms with E-state index in [2.05, 4.69) is 27.3 Å². The molecular formula is C18H31N3O5. The van der Waals surface area contributed by atoms with Crippen molar-refractivity contribution >= 4 is 24.2 Å². The van der Waals surface area contributed by atoms with E-state index in [0.29, 0.717) is 6.42 Å². The Labute approximate surface area is 155 Å². The van der Waals surface area contributed by atoms with Crippen LogP contribution in [0.25, 0.3) is 0 Å². The van der Waals surface area contributed by atoms with Crippen LogP contribution in [0.15, 0.2) is 12.2 Å². The van der Waals surface area contributed by atoms with Crippen LogP contribution in [-0.2, 0) is 19.1 Å². The molecule has 3 atom stereocenters. The maximum atomic E-state index is 12.4. The average molecular weight is 369 g/mol. The smallest absolute Gasteiger partial charge is 0.406 e. The molecule has 3 amide bonds. The lowest BCUT2D eigenvalue weighted by molar-refractivity contribution is -0.131. The Balaban J connectivity index is 4.59. The van der Waals surface area contributed by atoms with Crippen LogP contribution in [0.3, 0.4) is 0 Å². The number of carbonyl (C=O) groups is 4. The highest BCUT2D eigenvalue weighted by atomic mass is 16.5. The van der Waals surface area contributed by atoms with Gasteiger partial charge in [0, 0.05) is 19.0 Å². The molecule has 0 aromatic carbocycles. The highest BCUT2D eigenvalue weighted by Crippen LogP contribution is 2.11. The maximum Gasteiger partial charge on any atom is 0.406 e. The first-order chi connectivity index (χ1) is 12.1. The van der Waals surface area contributed by atoms with Gasteiger partial charge < -0.3 is 25.5 Å². The summed E-state index contributed by atoms with van der Waals surface area (Å²) in [4.78, 5) is 46.7. The van der Waals surface area contributed by atoms with Gasteiger partial charge in [-0.1, -0.05) is 19.4 Å². The monoisotopic (exact) mass is 369 g/mol. The van der Waals surface area contributed by atoms with Crippen LogP contribution >= 0.6 is 0 Å². The molecule has 3 N–H and O–H groups in total. The highest BCUT2D eigenvalue weighted by molar-refractivity contribution is 5.88. The number of hydrogen-bond acceptors (Lipinski definition) is 5. The van der Waals surface area contributed by atoms with E-state index >= 15 is 0 Å². The summed E-state index contributed by atoms with van der Waals surface area (Å²) in [5.41, 5.74) is 0.857. The van der Waals surface area contributed by atoms with Crippen LogP contribution in [0, 0.1) is 17.8 Å². The van der Waals surface area contributed by atoms with Crippen molar-refractivity contribution in [2.75, 3.05) is 20.2 Å². The molecule has 0 heterocycles. The summed E-state index contributed by atoms with van der Waals surface area (Å²) in [5, 5.41) is 7.79. The topological polar surface area (TPSA) is 114 Å². The maximum absolute atomic E-state index is 12.4. The van der Waals surface area contributed by atoms with Crippen LogP contribution in [-0.4, -0.2) is 50.4 Å². The lowest BCUT2D eigenvalue weighted by Gasteiger charge is -2.23. The van der Waals surface area contributed by atoms with Gasteiger partial charge in [0.2, 0.25) is 11.8 Å². The van der Waals surface area contributed by atoms with E-state index in [4.69, 9.17) is 0 Å². The summed E-state index contributed by atoms with van der Waals surface area (Å²) in [6.45, 7) is 11.1. The molecule has 0 aliphatic carbocycles. The van der Waals surface area contributed by atoms with E-state index in [1.807, 2.05) is 20.8 Å². The van der Waals surface area contributed by atoms with E-state index in [1.54, 1.807) is 6.92 Å². The van der Waals surface area contributed by atoms with E-state index in [1.165, 1.54) is 7.11 Å².